The van der Waals surface area contributed by atoms with Crippen molar-refractivity contribution in [1.82, 2.24) is 20.0 Å². The van der Waals surface area contributed by atoms with Gasteiger partial charge in [0.1, 0.15) is 5.76 Å². The molecule has 0 radical (unpaired) electrons. The molecule has 5 N–H and O–H groups in total. The van der Waals surface area contributed by atoms with Crippen LogP contribution in [0.15, 0.2) is 53.1 Å². The third kappa shape index (κ3) is 9.95. The zero-order valence-corrected chi connectivity index (χ0v) is 20.8. The number of furan rings is 1. The van der Waals surface area contributed by atoms with Gasteiger partial charge in [-0.2, -0.15) is 5.10 Å². The molecule has 2 aromatic heterocycles. The van der Waals surface area contributed by atoms with E-state index in [1.165, 1.54) is 11.3 Å². The molecule has 2 heterocycles. The van der Waals surface area contributed by atoms with Crippen LogP contribution >= 0.6 is 0 Å². The van der Waals surface area contributed by atoms with Crippen molar-refractivity contribution in [3.8, 4) is 5.69 Å². The van der Waals surface area contributed by atoms with Crippen LogP contribution in [0.2, 0.25) is 0 Å². The van der Waals surface area contributed by atoms with E-state index in [-0.39, 0.29) is 6.04 Å². The molecule has 0 amide bonds. The molecule has 0 saturated heterocycles. The Morgan fingerprint density at radius 2 is 1.46 bits per heavy atom. The maximum absolute atomic E-state index is 9.10. The van der Waals surface area contributed by atoms with Crippen molar-refractivity contribution in [3.05, 3.63) is 71.4 Å². The fourth-order valence-corrected chi connectivity index (χ4v) is 3.10. The Bertz CT molecular complexity index is 1120. The van der Waals surface area contributed by atoms with Gasteiger partial charge in [-0.15, -0.1) is 0 Å². The topological polar surface area (TPSA) is 195 Å². The molecule has 200 valence electrons. The van der Waals surface area contributed by atoms with Crippen molar-refractivity contribution in [3.63, 3.8) is 0 Å². The molecule has 0 fully saturated rings. The number of carboxylic acid groups (broad SMARTS) is 4. The van der Waals surface area contributed by atoms with Crippen LogP contribution in [-0.4, -0.2) is 79.6 Å². The average molecular weight is 519 g/mol. The summed E-state index contributed by atoms with van der Waals surface area (Å²) in [5, 5.41) is 37.8. The number of aliphatic carboxylic acids is 4. The molecule has 0 saturated carbocycles. The highest BCUT2D eigenvalue weighted by Gasteiger charge is 2.18. The number of benzene rings is 1. The number of aryl methyl sites for hydroxylation is 1. The highest BCUT2D eigenvalue weighted by atomic mass is 16.4. The lowest BCUT2D eigenvalue weighted by atomic mass is 10.1. The van der Waals surface area contributed by atoms with Gasteiger partial charge in [0.2, 0.25) is 0 Å². The quantitative estimate of drug-likeness (QED) is 0.285. The summed E-state index contributed by atoms with van der Waals surface area (Å²) in [6, 6.07) is 14.4. The average Bonchev–Trinajstić information content (AvgIpc) is 3.46. The molecule has 37 heavy (non-hydrogen) atoms. The molecular formula is C24H30N4O9. The summed E-state index contributed by atoms with van der Waals surface area (Å²) in [5.74, 6) is -6.32. The van der Waals surface area contributed by atoms with E-state index in [9.17, 15) is 0 Å². The highest BCUT2D eigenvalue weighted by molar-refractivity contribution is 6.27. The smallest absolute Gasteiger partial charge is 0.414 e. The number of para-hydroxylation sites is 1. The Hall–Kier alpha value is -4.49. The van der Waals surface area contributed by atoms with Gasteiger partial charge >= 0.3 is 23.9 Å². The summed E-state index contributed by atoms with van der Waals surface area (Å²) in [6.45, 7) is 5.80. The van der Waals surface area contributed by atoms with Gasteiger partial charge in [-0.25, -0.2) is 23.9 Å². The van der Waals surface area contributed by atoms with Crippen molar-refractivity contribution in [2.45, 2.75) is 26.4 Å². The summed E-state index contributed by atoms with van der Waals surface area (Å²) in [7, 11) is 4.14. The van der Waals surface area contributed by atoms with Crippen molar-refractivity contribution < 1.29 is 44.0 Å². The maximum atomic E-state index is 9.10. The monoisotopic (exact) mass is 518 g/mol. The van der Waals surface area contributed by atoms with E-state index in [4.69, 9.17) is 49.1 Å². The summed E-state index contributed by atoms with van der Waals surface area (Å²) in [6.07, 6.45) is 1.73. The normalized spacial score (nSPS) is 10.9. The highest BCUT2D eigenvalue weighted by Crippen LogP contribution is 2.20. The van der Waals surface area contributed by atoms with E-state index in [1.54, 1.807) is 6.26 Å². The molecule has 3 aromatic rings. The van der Waals surface area contributed by atoms with Gasteiger partial charge < -0.3 is 30.2 Å². The minimum absolute atomic E-state index is 0.208. The van der Waals surface area contributed by atoms with E-state index in [0.717, 1.165) is 30.2 Å². The predicted molar refractivity (Wildman–Crippen MR) is 130 cm³/mol. The number of carbonyl (C=O) groups is 4. The van der Waals surface area contributed by atoms with Gasteiger partial charge in [0.15, 0.2) is 0 Å². The van der Waals surface area contributed by atoms with Crippen LogP contribution in [0.4, 0.5) is 0 Å². The van der Waals surface area contributed by atoms with Gasteiger partial charge in [0, 0.05) is 24.3 Å². The fraction of sp³-hybridized carbons (Fsp3) is 0.292. The Kier molecular flexibility index (Phi) is 12.2. The first-order valence-corrected chi connectivity index (χ1v) is 10.8. The SMILES string of the molecule is Cc1nn(-c2ccccc2)c(C)c1CNCC(c1ccco1)N(C)C.O=C(O)C(=O)O.O=C(O)C(=O)O. The minimum Gasteiger partial charge on any atom is -0.473 e. The number of nitrogens with zero attached hydrogens (tertiary/aromatic N) is 3. The van der Waals surface area contributed by atoms with Crippen LogP contribution in [0.1, 0.15) is 28.8 Å². The van der Waals surface area contributed by atoms with Crippen LogP contribution < -0.4 is 5.32 Å². The second kappa shape index (κ2) is 14.8. The maximum Gasteiger partial charge on any atom is 0.414 e. The lowest BCUT2D eigenvalue weighted by molar-refractivity contribution is -0.159. The first-order chi connectivity index (χ1) is 17.4. The Morgan fingerprint density at radius 3 is 1.89 bits per heavy atom. The van der Waals surface area contributed by atoms with Crippen LogP contribution in [0.25, 0.3) is 5.69 Å². The number of nitrogens with one attached hydrogen (secondary N) is 1. The van der Waals surface area contributed by atoms with E-state index in [0.29, 0.717) is 0 Å². The molecule has 0 aliphatic rings. The minimum atomic E-state index is -1.82. The summed E-state index contributed by atoms with van der Waals surface area (Å²) in [4.78, 5) is 38.6. The van der Waals surface area contributed by atoms with E-state index in [2.05, 4.69) is 50.3 Å². The zero-order chi connectivity index (χ0) is 28.1. The van der Waals surface area contributed by atoms with E-state index < -0.39 is 23.9 Å². The molecule has 0 bridgehead atoms. The third-order valence-electron chi connectivity index (χ3n) is 4.94. The molecule has 1 atom stereocenters. The number of rotatable bonds is 7. The van der Waals surface area contributed by atoms with Crippen molar-refractivity contribution >= 4 is 23.9 Å². The van der Waals surface area contributed by atoms with Crippen molar-refractivity contribution in [2.24, 2.45) is 0 Å². The molecule has 0 spiro atoms. The van der Waals surface area contributed by atoms with Gasteiger partial charge in [-0.3, -0.25) is 4.90 Å². The molecule has 1 aromatic carbocycles. The van der Waals surface area contributed by atoms with Crippen LogP contribution in [0.3, 0.4) is 0 Å². The lowest BCUT2D eigenvalue weighted by Crippen LogP contribution is -2.30. The lowest BCUT2D eigenvalue weighted by Gasteiger charge is -2.22. The second-order valence-electron chi connectivity index (χ2n) is 7.74. The van der Waals surface area contributed by atoms with Crippen LogP contribution in [0.5, 0.6) is 0 Å². The number of carboxylic acids is 4. The molecule has 0 aliphatic carbocycles. The van der Waals surface area contributed by atoms with Crippen molar-refractivity contribution in [1.29, 1.82) is 0 Å². The third-order valence-corrected chi connectivity index (χ3v) is 4.94. The molecule has 13 heteroatoms. The Morgan fingerprint density at radius 1 is 0.919 bits per heavy atom. The van der Waals surface area contributed by atoms with Gasteiger partial charge in [-0.05, 0) is 52.2 Å². The largest absolute Gasteiger partial charge is 0.473 e. The molecule has 3 rings (SSSR count). The first kappa shape index (κ1) is 30.5. The number of hydrogen-bond acceptors (Lipinski definition) is 8. The summed E-state index contributed by atoms with van der Waals surface area (Å²) < 4.78 is 7.59. The Balaban J connectivity index is 0.000000476. The molecule has 13 nitrogen and oxygen atoms in total. The molecule has 0 aliphatic heterocycles. The predicted octanol–water partition coefficient (Wildman–Crippen LogP) is 1.79. The molecule has 1 unspecified atom stereocenters. The van der Waals surface area contributed by atoms with E-state index >= 15 is 0 Å². The van der Waals surface area contributed by atoms with Gasteiger partial charge in [-0.1, -0.05) is 18.2 Å². The Labute approximate surface area is 212 Å². The fourth-order valence-electron chi connectivity index (χ4n) is 3.10. The van der Waals surface area contributed by atoms with Crippen LogP contribution in [-0.2, 0) is 25.7 Å². The first-order valence-electron chi connectivity index (χ1n) is 10.8. The molecular weight excluding hydrogens is 488 g/mol. The van der Waals surface area contributed by atoms with E-state index in [1.807, 2.05) is 35.0 Å². The summed E-state index contributed by atoms with van der Waals surface area (Å²) in [5.41, 5.74) is 4.58. The number of aromatic nitrogens is 2. The van der Waals surface area contributed by atoms with Gasteiger partial charge in [0.05, 0.1) is 23.7 Å². The number of likely N-dealkylation sites (N-methyl/N-ethyl adjacent to an activating group) is 1. The van der Waals surface area contributed by atoms with Gasteiger partial charge in [0.25, 0.3) is 0 Å². The standard InChI is InChI=1S/C20H26N4O.2C2H2O4/c1-15-18(16(2)24(22-15)17-9-6-5-7-10-17)13-21-14-19(23(3)4)20-11-8-12-25-20;2*3-1(4)2(5)6/h5-12,19,21H,13-14H2,1-4H3;2*(H,3,4)(H,5,6). The second-order valence-corrected chi connectivity index (χ2v) is 7.74. The van der Waals surface area contributed by atoms with Crippen LogP contribution in [0, 0.1) is 13.8 Å². The summed E-state index contributed by atoms with van der Waals surface area (Å²) >= 11 is 0. The van der Waals surface area contributed by atoms with Crippen molar-refractivity contribution in [2.75, 3.05) is 20.6 Å². The zero-order valence-electron chi connectivity index (χ0n) is 20.8. The number of hydrogen-bond donors (Lipinski definition) is 5.